The van der Waals surface area contributed by atoms with Crippen LogP contribution in [-0.2, 0) is 14.2 Å². The summed E-state index contributed by atoms with van der Waals surface area (Å²) in [5.74, 6) is 0. The number of rotatable bonds is 2. The second kappa shape index (κ2) is 4.34. The predicted molar refractivity (Wildman–Crippen MR) is 44.2 cm³/mol. The van der Waals surface area contributed by atoms with Gasteiger partial charge in [0.2, 0.25) is 0 Å². The Labute approximate surface area is 77.2 Å². The summed E-state index contributed by atoms with van der Waals surface area (Å²) >= 11 is 0. The summed E-state index contributed by atoms with van der Waals surface area (Å²) in [5, 5.41) is 19.1. The molecule has 0 aromatic heterocycles. The Kier molecular flexibility index (Phi) is 3.63. The molecule has 1 heterocycles. The molecule has 0 aliphatic carbocycles. The molecule has 0 radical (unpaired) electrons. The highest BCUT2D eigenvalue weighted by atomic mass is 16.7. The molecule has 0 bridgehead atoms. The van der Waals surface area contributed by atoms with Crippen LogP contribution >= 0.6 is 0 Å². The molecule has 1 fully saturated rings. The molecule has 0 amide bonds. The molecular formula is C8H16O5. The summed E-state index contributed by atoms with van der Waals surface area (Å²) < 4.78 is 15.0. The van der Waals surface area contributed by atoms with E-state index in [0.717, 1.165) is 0 Å². The van der Waals surface area contributed by atoms with Crippen molar-refractivity contribution < 1.29 is 24.4 Å². The Morgan fingerprint density at radius 1 is 1.08 bits per heavy atom. The first-order chi connectivity index (χ1) is 6.11. The zero-order chi connectivity index (χ0) is 10.0. The van der Waals surface area contributed by atoms with Gasteiger partial charge in [0, 0.05) is 14.2 Å². The van der Waals surface area contributed by atoms with Crippen molar-refractivity contribution in [3.05, 3.63) is 0 Å². The third-order valence-electron chi connectivity index (χ3n) is 2.29. The summed E-state index contributed by atoms with van der Waals surface area (Å²) in [6, 6.07) is 0. The van der Waals surface area contributed by atoms with Crippen LogP contribution in [0.1, 0.15) is 6.92 Å². The van der Waals surface area contributed by atoms with Crippen molar-refractivity contribution in [3.63, 3.8) is 0 Å². The largest absolute Gasteiger partial charge is 0.388 e. The van der Waals surface area contributed by atoms with Gasteiger partial charge in [0.05, 0.1) is 6.10 Å². The summed E-state index contributed by atoms with van der Waals surface area (Å²) in [7, 11) is 2.87. The molecule has 0 spiro atoms. The molecule has 5 heteroatoms. The SMILES string of the molecule is CO[C@H]1O[C@H](C)[C@H](O)[C@H](OC)[C@H]1O. The quantitative estimate of drug-likeness (QED) is 0.594. The first-order valence-corrected chi connectivity index (χ1v) is 4.19. The van der Waals surface area contributed by atoms with E-state index in [2.05, 4.69) is 0 Å². The maximum Gasteiger partial charge on any atom is 0.186 e. The van der Waals surface area contributed by atoms with Crippen molar-refractivity contribution in [2.24, 2.45) is 0 Å². The molecule has 5 atom stereocenters. The van der Waals surface area contributed by atoms with Gasteiger partial charge in [-0.25, -0.2) is 0 Å². The van der Waals surface area contributed by atoms with Crippen LogP contribution in [0.2, 0.25) is 0 Å². The lowest BCUT2D eigenvalue weighted by Gasteiger charge is -2.40. The number of hydrogen-bond acceptors (Lipinski definition) is 5. The highest BCUT2D eigenvalue weighted by molar-refractivity contribution is 4.88. The Morgan fingerprint density at radius 2 is 1.69 bits per heavy atom. The monoisotopic (exact) mass is 192 g/mol. The van der Waals surface area contributed by atoms with Crippen molar-refractivity contribution in [3.8, 4) is 0 Å². The third kappa shape index (κ3) is 2.00. The van der Waals surface area contributed by atoms with Crippen molar-refractivity contribution in [1.82, 2.24) is 0 Å². The van der Waals surface area contributed by atoms with Crippen LogP contribution in [0.15, 0.2) is 0 Å². The minimum absolute atomic E-state index is 0.404. The van der Waals surface area contributed by atoms with Gasteiger partial charge in [-0.15, -0.1) is 0 Å². The van der Waals surface area contributed by atoms with Crippen molar-refractivity contribution in [2.75, 3.05) is 14.2 Å². The number of aliphatic hydroxyl groups excluding tert-OH is 2. The number of aliphatic hydroxyl groups is 2. The summed E-state index contributed by atoms with van der Waals surface area (Å²) in [6.45, 7) is 1.70. The molecule has 1 rings (SSSR count). The lowest BCUT2D eigenvalue weighted by molar-refractivity contribution is -0.290. The van der Waals surface area contributed by atoms with E-state index >= 15 is 0 Å². The van der Waals surface area contributed by atoms with Gasteiger partial charge in [-0.1, -0.05) is 0 Å². The van der Waals surface area contributed by atoms with Crippen LogP contribution in [0.25, 0.3) is 0 Å². The molecule has 5 nitrogen and oxygen atoms in total. The van der Waals surface area contributed by atoms with Crippen LogP contribution in [-0.4, -0.2) is 55.1 Å². The summed E-state index contributed by atoms with van der Waals surface area (Å²) in [5.41, 5.74) is 0. The van der Waals surface area contributed by atoms with Gasteiger partial charge in [0.15, 0.2) is 6.29 Å². The van der Waals surface area contributed by atoms with Gasteiger partial charge in [0.25, 0.3) is 0 Å². The molecule has 0 unspecified atom stereocenters. The lowest BCUT2D eigenvalue weighted by Crippen LogP contribution is -2.57. The minimum Gasteiger partial charge on any atom is -0.388 e. The average Bonchev–Trinajstić information content (AvgIpc) is 2.12. The van der Waals surface area contributed by atoms with Crippen molar-refractivity contribution >= 4 is 0 Å². The normalized spacial score (nSPS) is 46.4. The van der Waals surface area contributed by atoms with E-state index in [4.69, 9.17) is 14.2 Å². The Morgan fingerprint density at radius 3 is 2.15 bits per heavy atom. The lowest BCUT2D eigenvalue weighted by atomic mass is 10.00. The van der Waals surface area contributed by atoms with E-state index in [0.29, 0.717) is 0 Å². The fourth-order valence-corrected chi connectivity index (χ4v) is 1.47. The van der Waals surface area contributed by atoms with E-state index in [1.807, 2.05) is 0 Å². The molecule has 0 aromatic rings. The standard InChI is InChI=1S/C8H16O5/c1-4-5(9)7(11-2)6(10)8(12-3)13-4/h4-10H,1-3H3/t4-,5+,6-,7+,8+/m1/s1. The first-order valence-electron chi connectivity index (χ1n) is 4.19. The Bertz CT molecular complexity index is 163. The molecule has 1 aliphatic rings. The molecular weight excluding hydrogens is 176 g/mol. The van der Waals surface area contributed by atoms with Gasteiger partial charge in [-0.3, -0.25) is 0 Å². The van der Waals surface area contributed by atoms with Gasteiger partial charge in [-0.2, -0.15) is 0 Å². The first kappa shape index (κ1) is 10.9. The van der Waals surface area contributed by atoms with E-state index in [9.17, 15) is 10.2 Å². The molecule has 1 saturated heterocycles. The van der Waals surface area contributed by atoms with Crippen LogP contribution in [0, 0.1) is 0 Å². The van der Waals surface area contributed by atoms with E-state index in [-0.39, 0.29) is 0 Å². The molecule has 0 aromatic carbocycles. The second-order valence-corrected chi connectivity index (χ2v) is 3.13. The summed E-state index contributed by atoms with van der Waals surface area (Å²) in [6.07, 6.45) is -3.58. The van der Waals surface area contributed by atoms with Crippen LogP contribution in [0.5, 0.6) is 0 Å². The molecule has 13 heavy (non-hydrogen) atoms. The van der Waals surface area contributed by atoms with Gasteiger partial charge in [0.1, 0.15) is 18.3 Å². The number of methoxy groups -OCH3 is 2. The highest BCUT2D eigenvalue weighted by Gasteiger charge is 2.43. The second-order valence-electron chi connectivity index (χ2n) is 3.13. The van der Waals surface area contributed by atoms with Crippen molar-refractivity contribution in [1.29, 1.82) is 0 Å². The van der Waals surface area contributed by atoms with E-state index in [1.54, 1.807) is 6.92 Å². The molecule has 78 valence electrons. The topological polar surface area (TPSA) is 68.2 Å². The van der Waals surface area contributed by atoms with Crippen molar-refractivity contribution in [2.45, 2.75) is 37.6 Å². The smallest absolute Gasteiger partial charge is 0.186 e. The fourth-order valence-electron chi connectivity index (χ4n) is 1.47. The zero-order valence-electron chi connectivity index (χ0n) is 8.01. The molecule has 2 N–H and O–H groups in total. The third-order valence-corrected chi connectivity index (χ3v) is 2.29. The summed E-state index contributed by atoms with van der Waals surface area (Å²) in [4.78, 5) is 0. The fraction of sp³-hybridized carbons (Fsp3) is 1.00. The van der Waals surface area contributed by atoms with Crippen LogP contribution in [0.4, 0.5) is 0 Å². The Balaban J connectivity index is 2.69. The minimum atomic E-state index is -0.957. The van der Waals surface area contributed by atoms with E-state index < -0.39 is 30.7 Å². The maximum absolute atomic E-state index is 9.58. The van der Waals surface area contributed by atoms with E-state index in [1.165, 1.54) is 14.2 Å². The maximum atomic E-state index is 9.58. The van der Waals surface area contributed by atoms with Gasteiger partial charge in [-0.05, 0) is 6.92 Å². The van der Waals surface area contributed by atoms with Gasteiger partial charge >= 0.3 is 0 Å². The Hall–Kier alpha value is -0.200. The number of hydrogen-bond donors (Lipinski definition) is 2. The van der Waals surface area contributed by atoms with Gasteiger partial charge < -0.3 is 24.4 Å². The molecule has 1 aliphatic heterocycles. The number of ether oxygens (including phenoxy) is 3. The molecule has 0 saturated carbocycles. The van der Waals surface area contributed by atoms with Crippen LogP contribution < -0.4 is 0 Å². The zero-order valence-corrected chi connectivity index (χ0v) is 8.01. The average molecular weight is 192 g/mol. The highest BCUT2D eigenvalue weighted by Crippen LogP contribution is 2.22. The predicted octanol–water partition coefficient (Wildman–Crippen LogP) is -0.886. The van der Waals surface area contributed by atoms with Crippen LogP contribution in [0.3, 0.4) is 0 Å².